The minimum absolute atomic E-state index is 0.472. The number of rotatable bonds is 7. The number of nitrogens with zero attached hydrogens (tertiary/aromatic N) is 1. The van der Waals surface area contributed by atoms with E-state index in [0.717, 1.165) is 19.5 Å². The maximum atomic E-state index is 5.80. The van der Waals surface area contributed by atoms with E-state index in [4.69, 9.17) is 10.5 Å². The van der Waals surface area contributed by atoms with Crippen LogP contribution in [0.3, 0.4) is 0 Å². The summed E-state index contributed by atoms with van der Waals surface area (Å²) < 4.78 is 5.80. The Kier molecular flexibility index (Phi) is 6.22. The first-order chi connectivity index (χ1) is 7.22. The minimum atomic E-state index is 0.472. The van der Waals surface area contributed by atoms with Gasteiger partial charge in [-0.2, -0.15) is 0 Å². The summed E-state index contributed by atoms with van der Waals surface area (Å²) in [7, 11) is 2.19. The molecule has 0 spiro atoms. The van der Waals surface area contributed by atoms with Crippen LogP contribution in [0.1, 0.15) is 39.0 Å². The Bertz CT molecular complexity index is 164. The van der Waals surface area contributed by atoms with Crippen molar-refractivity contribution in [1.82, 2.24) is 4.90 Å². The summed E-state index contributed by atoms with van der Waals surface area (Å²) >= 11 is 0. The Morgan fingerprint density at radius 2 is 2.07 bits per heavy atom. The summed E-state index contributed by atoms with van der Waals surface area (Å²) in [4.78, 5) is 2.39. The van der Waals surface area contributed by atoms with Crippen LogP contribution < -0.4 is 5.73 Å². The van der Waals surface area contributed by atoms with Crippen LogP contribution in [0, 0.1) is 0 Å². The van der Waals surface area contributed by atoms with Crippen molar-refractivity contribution in [2.45, 2.75) is 51.2 Å². The predicted molar refractivity (Wildman–Crippen MR) is 64.0 cm³/mol. The van der Waals surface area contributed by atoms with Gasteiger partial charge in [0.25, 0.3) is 0 Å². The quantitative estimate of drug-likeness (QED) is 0.654. The maximum Gasteiger partial charge on any atom is 0.0706 e. The van der Waals surface area contributed by atoms with Gasteiger partial charge in [0.05, 0.1) is 12.2 Å². The van der Waals surface area contributed by atoms with Crippen molar-refractivity contribution in [2.24, 2.45) is 5.73 Å². The Labute approximate surface area is 94.0 Å². The normalized spacial score (nSPS) is 26.4. The van der Waals surface area contributed by atoms with Crippen molar-refractivity contribution < 1.29 is 4.74 Å². The van der Waals surface area contributed by atoms with E-state index in [1.165, 1.54) is 32.2 Å². The lowest BCUT2D eigenvalue weighted by atomic mass is 10.2. The lowest BCUT2D eigenvalue weighted by Gasteiger charge is -2.20. The molecule has 0 aromatic rings. The second-order valence-corrected chi connectivity index (χ2v) is 4.76. The fourth-order valence-electron chi connectivity index (χ4n) is 2.16. The number of nitrogens with two attached hydrogens (primary N) is 1. The smallest absolute Gasteiger partial charge is 0.0706 e. The molecule has 0 bridgehead atoms. The molecule has 1 heterocycles. The lowest BCUT2D eigenvalue weighted by Crippen LogP contribution is -2.30. The van der Waals surface area contributed by atoms with Gasteiger partial charge in [0.1, 0.15) is 0 Å². The van der Waals surface area contributed by atoms with Crippen molar-refractivity contribution in [3.63, 3.8) is 0 Å². The van der Waals surface area contributed by atoms with Crippen LogP contribution in [-0.2, 0) is 4.74 Å². The molecule has 2 atom stereocenters. The highest BCUT2D eigenvalue weighted by Crippen LogP contribution is 2.19. The second-order valence-electron chi connectivity index (χ2n) is 4.76. The number of ether oxygens (including phenoxy) is 1. The molecular weight excluding hydrogens is 188 g/mol. The van der Waals surface area contributed by atoms with Gasteiger partial charge in [0.2, 0.25) is 0 Å². The molecule has 0 aliphatic carbocycles. The maximum absolute atomic E-state index is 5.80. The van der Waals surface area contributed by atoms with Crippen molar-refractivity contribution in [3.05, 3.63) is 0 Å². The monoisotopic (exact) mass is 214 g/mol. The highest BCUT2D eigenvalue weighted by molar-refractivity contribution is 4.73. The van der Waals surface area contributed by atoms with Gasteiger partial charge in [0, 0.05) is 6.54 Å². The average molecular weight is 214 g/mol. The van der Waals surface area contributed by atoms with Crippen LogP contribution in [0.4, 0.5) is 0 Å². The Morgan fingerprint density at radius 1 is 1.27 bits per heavy atom. The summed E-state index contributed by atoms with van der Waals surface area (Å²) in [5.74, 6) is 0. The van der Waals surface area contributed by atoms with Crippen LogP contribution >= 0.6 is 0 Å². The molecule has 1 aliphatic rings. The third-order valence-corrected chi connectivity index (χ3v) is 3.08. The molecule has 1 rings (SSSR count). The Hall–Kier alpha value is -0.120. The Morgan fingerprint density at radius 3 is 2.67 bits per heavy atom. The molecule has 1 aliphatic heterocycles. The van der Waals surface area contributed by atoms with Gasteiger partial charge in [0.15, 0.2) is 0 Å². The summed E-state index contributed by atoms with van der Waals surface area (Å²) in [5.41, 5.74) is 5.46. The molecule has 1 saturated heterocycles. The first-order valence-corrected chi connectivity index (χ1v) is 6.26. The van der Waals surface area contributed by atoms with E-state index < -0.39 is 0 Å². The van der Waals surface area contributed by atoms with Crippen LogP contribution in [0.15, 0.2) is 0 Å². The highest BCUT2D eigenvalue weighted by Gasteiger charge is 2.22. The first kappa shape index (κ1) is 12.9. The predicted octanol–water partition coefficient (Wildman–Crippen LogP) is 1.61. The summed E-state index contributed by atoms with van der Waals surface area (Å²) in [6.07, 6.45) is 7.07. The van der Waals surface area contributed by atoms with E-state index in [0.29, 0.717) is 12.2 Å². The number of hydrogen-bond donors (Lipinski definition) is 1. The molecule has 3 nitrogen and oxygen atoms in total. The lowest BCUT2D eigenvalue weighted by molar-refractivity contribution is 0.0362. The zero-order valence-electron chi connectivity index (χ0n) is 10.2. The van der Waals surface area contributed by atoms with E-state index in [2.05, 4.69) is 18.9 Å². The summed E-state index contributed by atoms with van der Waals surface area (Å²) in [5, 5.41) is 0. The standard InChI is InChI=1S/C12H26N2O/c1-11-6-7-12(15-11)10-14(2)9-5-3-4-8-13/h11-12H,3-10,13H2,1-2H3. The van der Waals surface area contributed by atoms with Crippen molar-refractivity contribution in [2.75, 3.05) is 26.7 Å². The van der Waals surface area contributed by atoms with Gasteiger partial charge < -0.3 is 15.4 Å². The van der Waals surface area contributed by atoms with E-state index >= 15 is 0 Å². The molecule has 0 aromatic carbocycles. The third kappa shape index (κ3) is 5.50. The second kappa shape index (κ2) is 7.20. The van der Waals surface area contributed by atoms with E-state index in [-0.39, 0.29) is 0 Å². The molecule has 0 aromatic heterocycles. The van der Waals surface area contributed by atoms with Gasteiger partial charge in [-0.25, -0.2) is 0 Å². The molecule has 0 amide bonds. The van der Waals surface area contributed by atoms with Crippen LogP contribution in [0.25, 0.3) is 0 Å². The fourth-order valence-corrected chi connectivity index (χ4v) is 2.16. The van der Waals surface area contributed by atoms with Gasteiger partial charge in [-0.05, 0) is 52.7 Å². The summed E-state index contributed by atoms with van der Waals surface area (Å²) in [6.45, 7) is 5.26. The SMILES string of the molecule is CC1CCC(CN(C)CCCCCN)O1. The fraction of sp³-hybridized carbons (Fsp3) is 1.00. The van der Waals surface area contributed by atoms with E-state index in [9.17, 15) is 0 Å². The molecule has 2 unspecified atom stereocenters. The molecule has 2 N–H and O–H groups in total. The zero-order valence-corrected chi connectivity index (χ0v) is 10.2. The van der Waals surface area contributed by atoms with Gasteiger partial charge in [-0.3, -0.25) is 0 Å². The molecule has 1 fully saturated rings. The average Bonchev–Trinajstić information content (AvgIpc) is 2.59. The Balaban J connectivity index is 2.00. The topological polar surface area (TPSA) is 38.5 Å². The molecule has 0 radical (unpaired) electrons. The van der Waals surface area contributed by atoms with E-state index in [1.54, 1.807) is 0 Å². The van der Waals surface area contributed by atoms with Crippen molar-refractivity contribution in [1.29, 1.82) is 0 Å². The van der Waals surface area contributed by atoms with Crippen molar-refractivity contribution >= 4 is 0 Å². The minimum Gasteiger partial charge on any atom is -0.374 e. The first-order valence-electron chi connectivity index (χ1n) is 6.26. The van der Waals surface area contributed by atoms with Gasteiger partial charge in [-0.15, -0.1) is 0 Å². The molecule has 90 valence electrons. The highest BCUT2D eigenvalue weighted by atomic mass is 16.5. The third-order valence-electron chi connectivity index (χ3n) is 3.08. The summed E-state index contributed by atoms with van der Waals surface area (Å²) in [6, 6.07) is 0. The van der Waals surface area contributed by atoms with Crippen LogP contribution in [0.5, 0.6) is 0 Å². The van der Waals surface area contributed by atoms with Gasteiger partial charge >= 0.3 is 0 Å². The van der Waals surface area contributed by atoms with Crippen molar-refractivity contribution in [3.8, 4) is 0 Å². The molecule has 3 heteroatoms. The molecule has 0 saturated carbocycles. The number of unbranched alkanes of at least 4 members (excludes halogenated alkanes) is 2. The van der Waals surface area contributed by atoms with Gasteiger partial charge in [-0.1, -0.05) is 6.42 Å². The largest absolute Gasteiger partial charge is 0.374 e. The number of likely N-dealkylation sites (N-methyl/N-ethyl adjacent to an activating group) is 1. The van der Waals surface area contributed by atoms with E-state index in [1.807, 2.05) is 0 Å². The van der Waals surface area contributed by atoms with Crippen LogP contribution in [-0.4, -0.2) is 43.8 Å². The van der Waals surface area contributed by atoms with Crippen LogP contribution in [0.2, 0.25) is 0 Å². The molecule has 15 heavy (non-hydrogen) atoms. The molecular formula is C12H26N2O. The number of hydrogen-bond acceptors (Lipinski definition) is 3. The zero-order chi connectivity index (χ0) is 11.1.